The van der Waals surface area contributed by atoms with Crippen LogP contribution in [0.1, 0.15) is 50.7 Å². The van der Waals surface area contributed by atoms with E-state index >= 15 is 0 Å². The lowest BCUT2D eigenvalue weighted by Gasteiger charge is -2.24. The predicted octanol–water partition coefficient (Wildman–Crippen LogP) is 3.33. The number of sulfone groups is 1. The maximum Gasteiger partial charge on any atom is 0.338 e. The number of hydrogen-bond donors (Lipinski definition) is 3. The number of carbonyl (C=O) groups is 3. The summed E-state index contributed by atoms with van der Waals surface area (Å²) >= 11 is 0. The minimum atomic E-state index is -4.11. The third-order valence-electron chi connectivity index (χ3n) is 6.96. The number of rotatable bonds is 11. The zero-order valence-electron chi connectivity index (χ0n) is 22.8. The quantitative estimate of drug-likeness (QED) is 0.266. The van der Waals surface area contributed by atoms with Gasteiger partial charge in [-0.15, -0.1) is 0 Å². The molecule has 0 aromatic heterocycles. The maximum atomic E-state index is 13.7. The van der Waals surface area contributed by atoms with Gasteiger partial charge in [0.25, 0.3) is 5.91 Å². The number of carbonyl (C=O) groups excluding carboxylic acids is 1. The van der Waals surface area contributed by atoms with Crippen LogP contribution in [0.4, 0.5) is 5.69 Å². The number of amides is 1. The number of allylic oxidation sites excluding steroid dienone is 1. The summed E-state index contributed by atoms with van der Waals surface area (Å²) in [5.41, 5.74) is 7.06. The topological polar surface area (TPSA) is 171 Å². The number of aliphatic imine (C=N–C) groups is 1. The Morgan fingerprint density at radius 1 is 1.00 bits per heavy atom. The van der Waals surface area contributed by atoms with Crippen molar-refractivity contribution < 1.29 is 33.0 Å². The highest BCUT2D eigenvalue weighted by Gasteiger charge is 2.47. The van der Waals surface area contributed by atoms with Gasteiger partial charge in [0, 0.05) is 29.9 Å². The molecular formula is C29H32N4O7S. The van der Waals surface area contributed by atoms with Gasteiger partial charge in [-0.3, -0.25) is 9.69 Å². The Labute approximate surface area is 238 Å². The summed E-state index contributed by atoms with van der Waals surface area (Å²) in [7, 11) is -4.11. The molecule has 4 N–H and O–H groups in total. The summed E-state index contributed by atoms with van der Waals surface area (Å²) < 4.78 is 27.4. The third-order valence-corrected chi connectivity index (χ3v) is 8.79. The van der Waals surface area contributed by atoms with Crippen molar-refractivity contribution >= 4 is 51.0 Å². The molecule has 0 bridgehead atoms. The standard InChI is InChI=1S/C29H32N4O7S/c1-3-5-15-32(16-6-4-2)19-13-11-18(12-14-19)17-22-23(20-9-7-8-10-21(20)41(22,39)40)24-26(34)33(29(30)31-24)25(27(35)36)28(37)38/h7-14,17,25H,3-6,15-16H2,1-2H3,(H2,30,31)(H,35,36)(H,37,38)/b22-17-,24-23-. The largest absolute Gasteiger partial charge is 0.479 e. The molecule has 2 aliphatic heterocycles. The van der Waals surface area contributed by atoms with E-state index in [9.17, 15) is 33.0 Å². The van der Waals surface area contributed by atoms with Crippen LogP contribution in [0.2, 0.25) is 0 Å². The summed E-state index contributed by atoms with van der Waals surface area (Å²) in [5, 5.41) is 18.8. The van der Waals surface area contributed by atoms with Crippen molar-refractivity contribution in [3.63, 3.8) is 0 Å². The lowest BCUT2D eigenvalue weighted by atomic mass is 10.0. The third kappa shape index (κ3) is 5.60. The molecule has 0 radical (unpaired) electrons. The zero-order valence-corrected chi connectivity index (χ0v) is 23.6. The van der Waals surface area contributed by atoms with Crippen molar-refractivity contribution in [1.82, 2.24) is 4.90 Å². The van der Waals surface area contributed by atoms with Crippen LogP contribution in [0.5, 0.6) is 0 Å². The van der Waals surface area contributed by atoms with Crippen molar-refractivity contribution in [1.29, 1.82) is 0 Å². The number of fused-ring (bicyclic) bond motifs is 1. The van der Waals surface area contributed by atoms with Gasteiger partial charge in [-0.2, -0.15) is 0 Å². The first-order chi connectivity index (χ1) is 19.5. The van der Waals surface area contributed by atoms with Crippen molar-refractivity contribution in [2.75, 3.05) is 18.0 Å². The number of anilines is 1. The highest BCUT2D eigenvalue weighted by atomic mass is 32.2. The molecule has 2 aliphatic rings. The SMILES string of the molecule is CCCCN(CCCC)c1ccc(/C=C2/C(=C3\N=C(N)N(C(C(=O)O)C(=O)O)C3=O)c3ccccc3S2(=O)=O)cc1. The molecule has 11 nitrogen and oxygen atoms in total. The summed E-state index contributed by atoms with van der Waals surface area (Å²) in [4.78, 5) is 43.0. The molecule has 0 atom stereocenters. The van der Waals surface area contributed by atoms with Gasteiger partial charge >= 0.3 is 11.9 Å². The van der Waals surface area contributed by atoms with Crippen LogP contribution in [0, 0.1) is 0 Å². The van der Waals surface area contributed by atoms with Crippen molar-refractivity contribution in [3.05, 3.63) is 70.3 Å². The second-order valence-corrected chi connectivity index (χ2v) is 11.6. The van der Waals surface area contributed by atoms with E-state index in [-0.39, 0.29) is 20.9 Å². The molecule has 41 heavy (non-hydrogen) atoms. The number of guanidine groups is 1. The molecule has 0 spiro atoms. The maximum absolute atomic E-state index is 13.7. The minimum Gasteiger partial charge on any atom is -0.479 e. The molecule has 2 aromatic carbocycles. The van der Waals surface area contributed by atoms with Crippen LogP contribution >= 0.6 is 0 Å². The summed E-state index contributed by atoms with van der Waals surface area (Å²) in [6, 6.07) is 11.1. The Morgan fingerprint density at radius 2 is 1.59 bits per heavy atom. The Hall–Kier alpha value is -4.45. The van der Waals surface area contributed by atoms with E-state index in [1.54, 1.807) is 24.3 Å². The lowest BCUT2D eigenvalue weighted by molar-refractivity contribution is -0.157. The minimum absolute atomic E-state index is 0.0521. The molecule has 1 amide bonds. The summed E-state index contributed by atoms with van der Waals surface area (Å²) in [5.74, 6) is -5.42. The van der Waals surface area contributed by atoms with Crippen LogP contribution in [-0.2, 0) is 24.2 Å². The number of carboxylic acid groups (broad SMARTS) is 2. The molecule has 2 heterocycles. The van der Waals surface area contributed by atoms with E-state index in [1.165, 1.54) is 18.2 Å². The molecule has 0 aliphatic carbocycles. The summed E-state index contributed by atoms with van der Waals surface area (Å²) in [6.45, 7) is 6.08. The van der Waals surface area contributed by atoms with Gasteiger partial charge in [-0.05, 0) is 42.7 Å². The van der Waals surface area contributed by atoms with Gasteiger partial charge in [0.15, 0.2) is 0 Å². The lowest BCUT2D eigenvalue weighted by Crippen LogP contribution is -2.52. The van der Waals surface area contributed by atoms with E-state index in [0.29, 0.717) is 10.5 Å². The number of unbranched alkanes of at least 4 members (excludes halogenated alkanes) is 2. The van der Waals surface area contributed by atoms with Crippen LogP contribution < -0.4 is 10.6 Å². The van der Waals surface area contributed by atoms with Gasteiger partial charge in [0.1, 0.15) is 5.70 Å². The van der Waals surface area contributed by atoms with Crippen molar-refractivity contribution in [2.24, 2.45) is 10.7 Å². The molecule has 0 saturated heterocycles. The fourth-order valence-corrected chi connectivity index (χ4v) is 6.58. The van der Waals surface area contributed by atoms with Gasteiger partial charge in [0.2, 0.25) is 21.8 Å². The van der Waals surface area contributed by atoms with Gasteiger partial charge in [0.05, 0.1) is 9.80 Å². The first-order valence-electron chi connectivity index (χ1n) is 13.3. The average Bonchev–Trinajstić information content (AvgIpc) is 3.33. The second-order valence-electron chi connectivity index (χ2n) is 9.74. The monoisotopic (exact) mass is 580 g/mol. The fourth-order valence-electron chi connectivity index (χ4n) is 4.86. The number of hydrogen-bond acceptors (Lipinski definition) is 8. The van der Waals surface area contributed by atoms with Gasteiger partial charge in [-0.1, -0.05) is 57.0 Å². The molecule has 0 unspecified atom stereocenters. The van der Waals surface area contributed by atoms with Crippen LogP contribution in [-0.4, -0.2) is 66.5 Å². The average molecular weight is 581 g/mol. The Balaban J connectivity index is 1.83. The molecule has 12 heteroatoms. The molecule has 0 saturated carbocycles. The molecule has 2 aromatic rings. The van der Waals surface area contributed by atoms with E-state index in [2.05, 4.69) is 23.7 Å². The summed E-state index contributed by atoms with van der Waals surface area (Å²) in [6.07, 6.45) is 5.64. The molecule has 216 valence electrons. The molecule has 0 fully saturated rings. The highest BCUT2D eigenvalue weighted by Crippen LogP contribution is 2.46. The Kier molecular flexibility index (Phi) is 8.62. The Morgan fingerprint density at radius 3 is 2.15 bits per heavy atom. The normalized spacial score (nSPS) is 18.6. The van der Waals surface area contributed by atoms with E-state index in [0.717, 1.165) is 44.5 Å². The number of nitrogens with zero attached hydrogens (tertiary/aromatic N) is 3. The predicted molar refractivity (Wildman–Crippen MR) is 155 cm³/mol. The van der Waals surface area contributed by atoms with E-state index < -0.39 is 45.4 Å². The van der Waals surface area contributed by atoms with E-state index in [1.807, 2.05) is 12.1 Å². The number of aliphatic carboxylic acids is 2. The van der Waals surface area contributed by atoms with Crippen LogP contribution in [0.3, 0.4) is 0 Å². The van der Waals surface area contributed by atoms with Gasteiger partial charge < -0.3 is 20.8 Å². The smallest absolute Gasteiger partial charge is 0.338 e. The van der Waals surface area contributed by atoms with Crippen LogP contribution in [0.25, 0.3) is 11.6 Å². The first kappa shape index (κ1) is 29.5. The Bertz CT molecular complexity index is 1550. The number of nitrogens with two attached hydrogens (primary N) is 1. The number of carboxylic acids is 2. The number of benzene rings is 2. The van der Waals surface area contributed by atoms with Crippen molar-refractivity contribution in [2.45, 2.75) is 50.5 Å². The fraction of sp³-hybridized carbons (Fsp3) is 0.310. The molecule has 4 rings (SSSR count). The van der Waals surface area contributed by atoms with E-state index in [4.69, 9.17) is 5.73 Å². The second kappa shape index (κ2) is 12.0. The highest BCUT2D eigenvalue weighted by molar-refractivity contribution is 7.96. The van der Waals surface area contributed by atoms with Gasteiger partial charge in [-0.25, -0.2) is 23.0 Å². The van der Waals surface area contributed by atoms with Crippen molar-refractivity contribution in [3.8, 4) is 0 Å². The molecular weight excluding hydrogens is 548 g/mol. The first-order valence-corrected chi connectivity index (χ1v) is 14.8. The van der Waals surface area contributed by atoms with Crippen LogP contribution in [0.15, 0.2) is 69.0 Å². The zero-order chi connectivity index (χ0) is 29.9.